The maximum absolute atomic E-state index is 14.4. The molecule has 0 spiro atoms. The predicted molar refractivity (Wildman–Crippen MR) is 152 cm³/mol. The molecular formula is C33H26N2O2. The molecule has 0 bridgehead atoms. The maximum Gasteiger partial charge on any atom is 0.263 e. The van der Waals surface area contributed by atoms with Gasteiger partial charge in [-0.25, -0.2) is 0 Å². The fourth-order valence-corrected chi connectivity index (χ4v) is 5.00. The Morgan fingerprint density at radius 2 is 1.41 bits per heavy atom. The van der Waals surface area contributed by atoms with E-state index in [2.05, 4.69) is 67.4 Å². The number of hydrogen-bond acceptors (Lipinski definition) is 3. The van der Waals surface area contributed by atoms with Gasteiger partial charge in [-0.3, -0.25) is 14.3 Å². The summed E-state index contributed by atoms with van der Waals surface area (Å²) in [5.74, 6) is 0.708. The highest BCUT2D eigenvalue weighted by molar-refractivity contribution is 6.04. The number of ether oxygens (including phenoxy) is 1. The first-order chi connectivity index (χ1) is 18.0. The topological polar surface area (TPSA) is 44.1 Å². The Balaban J connectivity index is 1.87. The molecule has 4 aromatic carbocycles. The lowest BCUT2D eigenvalue weighted by Gasteiger charge is -2.22. The normalized spacial score (nSPS) is 11.2. The van der Waals surface area contributed by atoms with Crippen LogP contribution < -0.4 is 10.3 Å². The molecule has 0 aliphatic heterocycles. The van der Waals surface area contributed by atoms with Crippen molar-refractivity contribution < 1.29 is 4.74 Å². The Morgan fingerprint density at radius 3 is 2.11 bits per heavy atom. The smallest absolute Gasteiger partial charge is 0.263 e. The SMILES string of the molecule is COc1ccc2c(=O)n(-c3cccc4cccnc34)c(-c3ccc(C)cc3)c(-c3ccc(C)cc3)c2c1. The number of hydrogen-bond donors (Lipinski definition) is 0. The van der Waals surface area contributed by atoms with Gasteiger partial charge in [-0.15, -0.1) is 0 Å². The molecule has 0 fully saturated rings. The minimum atomic E-state index is -0.0951. The van der Waals surface area contributed by atoms with Crippen LogP contribution >= 0.6 is 0 Å². The van der Waals surface area contributed by atoms with Gasteiger partial charge in [0.25, 0.3) is 5.56 Å². The lowest BCUT2D eigenvalue weighted by molar-refractivity contribution is 0.415. The molecule has 6 aromatic rings. The second-order valence-electron chi connectivity index (χ2n) is 9.36. The van der Waals surface area contributed by atoms with Gasteiger partial charge >= 0.3 is 0 Å². The zero-order valence-corrected chi connectivity index (χ0v) is 21.0. The summed E-state index contributed by atoms with van der Waals surface area (Å²) in [7, 11) is 1.65. The van der Waals surface area contributed by atoms with Crippen LogP contribution in [0.25, 0.3) is 49.7 Å². The van der Waals surface area contributed by atoms with Crippen molar-refractivity contribution in [3.05, 3.63) is 125 Å². The fraction of sp³-hybridized carbons (Fsp3) is 0.0909. The summed E-state index contributed by atoms with van der Waals surface area (Å²) in [6.07, 6.45) is 1.77. The summed E-state index contributed by atoms with van der Waals surface area (Å²) in [6, 6.07) is 32.4. The third kappa shape index (κ3) is 3.87. The first kappa shape index (κ1) is 22.7. The molecule has 0 aliphatic carbocycles. The molecule has 180 valence electrons. The van der Waals surface area contributed by atoms with E-state index in [1.807, 2.05) is 53.1 Å². The quantitative estimate of drug-likeness (QED) is 0.261. The van der Waals surface area contributed by atoms with Crippen molar-refractivity contribution in [3.8, 4) is 33.8 Å². The Bertz CT molecular complexity index is 1830. The molecule has 6 rings (SSSR count). The summed E-state index contributed by atoms with van der Waals surface area (Å²) >= 11 is 0. The average Bonchev–Trinajstić information content (AvgIpc) is 2.93. The van der Waals surface area contributed by atoms with E-state index in [-0.39, 0.29) is 5.56 Å². The molecule has 0 saturated heterocycles. The van der Waals surface area contributed by atoms with Crippen molar-refractivity contribution >= 4 is 21.7 Å². The number of aryl methyl sites for hydroxylation is 2. The van der Waals surface area contributed by atoms with Crippen LogP contribution in [0.2, 0.25) is 0 Å². The molecular weight excluding hydrogens is 456 g/mol. The molecule has 4 nitrogen and oxygen atoms in total. The van der Waals surface area contributed by atoms with Crippen molar-refractivity contribution in [2.24, 2.45) is 0 Å². The van der Waals surface area contributed by atoms with Gasteiger partial charge in [0.15, 0.2) is 0 Å². The first-order valence-corrected chi connectivity index (χ1v) is 12.3. The lowest BCUT2D eigenvalue weighted by atomic mass is 9.92. The molecule has 4 heteroatoms. The molecule has 0 radical (unpaired) electrons. The van der Waals surface area contributed by atoms with E-state index in [4.69, 9.17) is 4.74 Å². The average molecular weight is 483 g/mol. The molecule has 37 heavy (non-hydrogen) atoms. The third-order valence-corrected chi connectivity index (χ3v) is 6.91. The van der Waals surface area contributed by atoms with Crippen molar-refractivity contribution in [1.29, 1.82) is 0 Å². The molecule has 0 aliphatic rings. The molecule has 2 heterocycles. The van der Waals surface area contributed by atoms with Crippen LogP contribution in [-0.4, -0.2) is 16.7 Å². The van der Waals surface area contributed by atoms with E-state index in [1.165, 1.54) is 5.56 Å². The lowest BCUT2D eigenvalue weighted by Crippen LogP contribution is -2.22. The van der Waals surface area contributed by atoms with Crippen molar-refractivity contribution in [3.63, 3.8) is 0 Å². The highest BCUT2D eigenvalue weighted by Gasteiger charge is 2.22. The monoisotopic (exact) mass is 482 g/mol. The van der Waals surface area contributed by atoms with E-state index in [0.717, 1.165) is 49.9 Å². The van der Waals surface area contributed by atoms with E-state index in [1.54, 1.807) is 13.3 Å². The number of nitrogens with zero attached hydrogens (tertiary/aromatic N) is 2. The minimum Gasteiger partial charge on any atom is -0.497 e. The van der Waals surface area contributed by atoms with Crippen LogP contribution in [0.5, 0.6) is 5.75 Å². The van der Waals surface area contributed by atoms with Gasteiger partial charge in [-0.1, -0.05) is 77.9 Å². The third-order valence-electron chi connectivity index (χ3n) is 6.91. The number of para-hydroxylation sites is 1. The Labute approximate surface area is 215 Å². The van der Waals surface area contributed by atoms with Gasteiger partial charge in [0, 0.05) is 27.9 Å². The summed E-state index contributed by atoms with van der Waals surface area (Å²) in [6.45, 7) is 4.14. The second-order valence-corrected chi connectivity index (χ2v) is 9.36. The fourth-order valence-electron chi connectivity index (χ4n) is 5.00. The molecule has 0 unspecified atom stereocenters. The second kappa shape index (κ2) is 9.07. The van der Waals surface area contributed by atoms with E-state index in [9.17, 15) is 4.79 Å². The molecule has 0 N–H and O–H groups in total. The molecule has 0 saturated carbocycles. The van der Waals surface area contributed by atoms with E-state index < -0.39 is 0 Å². The molecule has 2 aromatic heterocycles. The highest BCUT2D eigenvalue weighted by Crippen LogP contribution is 2.40. The first-order valence-electron chi connectivity index (χ1n) is 12.3. The minimum absolute atomic E-state index is 0.0951. The number of benzene rings is 4. The van der Waals surface area contributed by atoms with Crippen molar-refractivity contribution in [2.45, 2.75) is 13.8 Å². The summed E-state index contributed by atoms with van der Waals surface area (Å²) in [5, 5.41) is 2.46. The Morgan fingerprint density at radius 1 is 0.730 bits per heavy atom. The predicted octanol–water partition coefficient (Wildman–Crippen LogP) is 7.50. The summed E-state index contributed by atoms with van der Waals surface area (Å²) in [4.78, 5) is 19.1. The van der Waals surface area contributed by atoms with Gasteiger partial charge in [0.1, 0.15) is 5.75 Å². The van der Waals surface area contributed by atoms with Crippen LogP contribution in [0.4, 0.5) is 0 Å². The largest absolute Gasteiger partial charge is 0.497 e. The van der Waals surface area contributed by atoms with E-state index >= 15 is 0 Å². The van der Waals surface area contributed by atoms with Crippen LogP contribution in [0.1, 0.15) is 11.1 Å². The van der Waals surface area contributed by atoms with Crippen molar-refractivity contribution in [1.82, 2.24) is 9.55 Å². The van der Waals surface area contributed by atoms with Gasteiger partial charge in [-0.05, 0) is 55.3 Å². The highest BCUT2D eigenvalue weighted by atomic mass is 16.5. The van der Waals surface area contributed by atoms with Crippen molar-refractivity contribution in [2.75, 3.05) is 7.11 Å². The van der Waals surface area contributed by atoms with Gasteiger partial charge in [-0.2, -0.15) is 0 Å². The number of aromatic nitrogens is 2. The molecule has 0 atom stereocenters. The number of methoxy groups -OCH3 is 1. The Kier molecular flexibility index (Phi) is 5.57. The maximum atomic E-state index is 14.4. The van der Waals surface area contributed by atoms with Crippen LogP contribution in [0, 0.1) is 13.8 Å². The van der Waals surface area contributed by atoms with Gasteiger partial charge in [0.05, 0.1) is 24.0 Å². The number of pyridine rings is 2. The summed E-state index contributed by atoms with van der Waals surface area (Å²) < 4.78 is 7.42. The zero-order chi connectivity index (χ0) is 25.5. The number of fused-ring (bicyclic) bond motifs is 2. The Hall–Kier alpha value is -4.70. The summed E-state index contributed by atoms with van der Waals surface area (Å²) in [5.41, 5.74) is 7.56. The zero-order valence-electron chi connectivity index (χ0n) is 21.0. The number of rotatable bonds is 4. The van der Waals surface area contributed by atoms with Gasteiger partial charge in [0.2, 0.25) is 0 Å². The van der Waals surface area contributed by atoms with E-state index in [0.29, 0.717) is 11.1 Å². The van der Waals surface area contributed by atoms with Crippen LogP contribution in [-0.2, 0) is 0 Å². The van der Waals surface area contributed by atoms with Gasteiger partial charge < -0.3 is 4.74 Å². The van der Waals surface area contributed by atoms with Crippen LogP contribution in [0.15, 0.2) is 108 Å². The molecule has 0 amide bonds. The standard InChI is InChI=1S/C33H26N2O2/c1-21-9-13-23(14-10-21)30-28-20-26(37-3)17-18-27(28)33(36)35(32(30)25-15-11-22(2)12-16-25)29-8-4-6-24-7-5-19-34-31(24)29/h4-20H,1-3H3. The van der Waals surface area contributed by atoms with Crippen LogP contribution in [0.3, 0.4) is 0 Å².